The summed E-state index contributed by atoms with van der Waals surface area (Å²) < 4.78 is 13.6. The van der Waals surface area contributed by atoms with E-state index in [1.807, 2.05) is 4.90 Å². The molecular formula is C20H29N3O4Si2. The number of aromatic amines is 1. The summed E-state index contributed by atoms with van der Waals surface area (Å²) in [5.74, 6) is 0.210. The smallest absolute Gasteiger partial charge is 0.334 e. The van der Waals surface area contributed by atoms with E-state index in [2.05, 4.69) is 70.4 Å². The largest absolute Gasteiger partial charge is 0.421 e. The lowest BCUT2D eigenvalue weighted by Gasteiger charge is -2.40. The fourth-order valence-corrected chi connectivity index (χ4v) is 5.91. The van der Waals surface area contributed by atoms with Gasteiger partial charge in [0, 0.05) is 42.8 Å². The Hall–Kier alpha value is -1.76. The third-order valence-corrected chi connectivity index (χ3v) is 8.20. The first-order chi connectivity index (χ1) is 14.1. The van der Waals surface area contributed by atoms with Crippen LogP contribution in [0.15, 0.2) is 30.5 Å². The second-order valence-corrected chi connectivity index (χ2v) is 10.2. The van der Waals surface area contributed by atoms with Crippen LogP contribution in [0.2, 0.25) is 0 Å². The molecule has 3 aliphatic rings. The van der Waals surface area contributed by atoms with Crippen molar-refractivity contribution in [2.24, 2.45) is 5.92 Å². The molecule has 2 aromatic rings. The molecule has 2 atom stereocenters. The number of rotatable bonds is 3. The number of benzene rings is 1. The van der Waals surface area contributed by atoms with Crippen LogP contribution in [-0.2, 0) is 24.5 Å². The van der Waals surface area contributed by atoms with Gasteiger partial charge in [0.25, 0.3) is 0 Å². The van der Waals surface area contributed by atoms with Crippen molar-refractivity contribution in [2.45, 2.75) is 26.3 Å². The summed E-state index contributed by atoms with van der Waals surface area (Å²) in [6.45, 7) is 6.47. The van der Waals surface area contributed by atoms with Gasteiger partial charge in [0.2, 0.25) is 5.91 Å². The van der Waals surface area contributed by atoms with Crippen LogP contribution in [-0.4, -0.2) is 73.4 Å². The SMILES string of the molecule is CCN(CC)C(=O)[C@@H]1C=C2c3cccc4[nH]cc(c34)C[C@H]2N(C)C1.O1O[SiH2]O[SiH2]1. The molecule has 0 saturated carbocycles. The van der Waals surface area contributed by atoms with Gasteiger partial charge in [-0.2, -0.15) is 0 Å². The van der Waals surface area contributed by atoms with E-state index in [4.69, 9.17) is 4.12 Å². The van der Waals surface area contributed by atoms with Gasteiger partial charge in [-0.25, -0.2) is 0 Å². The first-order valence-electron chi connectivity index (χ1n) is 10.3. The van der Waals surface area contributed by atoms with Gasteiger partial charge in [0.15, 0.2) is 0 Å². The van der Waals surface area contributed by atoms with Crippen LogP contribution >= 0.6 is 0 Å². The zero-order valence-electron chi connectivity index (χ0n) is 17.3. The molecule has 0 spiro atoms. The van der Waals surface area contributed by atoms with Gasteiger partial charge in [-0.3, -0.25) is 18.8 Å². The Bertz CT molecular complexity index is 901. The number of nitrogens with zero attached hydrogens (tertiary/aromatic N) is 2. The van der Waals surface area contributed by atoms with Crippen LogP contribution in [0.25, 0.3) is 16.5 Å². The highest BCUT2D eigenvalue weighted by atomic mass is 28.3. The number of fused-ring (bicyclic) bond motifs is 2. The predicted octanol–water partition coefficient (Wildman–Crippen LogP) is 0.868. The number of H-pyrrole nitrogens is 1. The first-order valence-corrected chi connectivity index (χ1v) is 12.6. The van der Waals surface area contributed by atoms with Gasteiger partial charge in [0.1, 0.15) is 0 Å². The fraction of sp³-hybridized carbons (Fsp3) is 0.450. The molecule has 1 aliphatic carbocycles. The third-order valence-electron chi connectivity index (χ3n) is 6.01. The Morgan fingerprint density at radius 3 is 2.69 bits per heavy atom. The van der Waals surface area contributed by atoms with Gasteiger partial charge in [-0.1, -0.05) is 18.2 Å². The molecule has 1 aromatic carbocycles. The quantitative estimate of drug-likeness (QED) is 0.577. The van der Waals surface area contributed by atoms with Crippen molar-refractivity contribution in [3.8, 4) is 0 Å². The van der Waals surface area contributed by atoms with E-state index in [1.165, 1.54) is 27.6 Å². The van der Waals surface area contributed by atoms with Crippen molar-refractivity contribution in [1.82, 2.24) is 14.8 Å². The number of nitrogens with one attached hydrogen (secondary N) is 1. The van der Waals surface area contributed by atoms with E-state index < -0.39 is 20.0 Å². The van der Waals surface area contributed by atoms with Crippen LogP contribution in [0.5, 0.6) is 0 Å². The molecule has 0 radical (unpaired) electrons. The van der Waals surface area contributed by atoms with Crippen LogP contribution in [0, 0.1) is 5.92 Å². The van der Waals surface area contributed by atoms with Crippen molar-refractivity contribution in [3.63, 3.8) is 0 Å². The summed E-state index contributed by atoms with van der Waals surface area (Å²) in [5, 5.41) is 1.34. The minimum Gasteiger partial charge on any atom is -0.421 e. The van der Waals surface area contributed by atoms with Gasteiger partial charge < -0.3 is 14.0 Å². The Kier molecular flexibility index (Phi) is 6.33. The molecule has 1 saturated heterocycles. The molecule has 1 fully saturated rings. The molecule has 0 bridgehead atoms. The number of amides is 1. The number of carbonyl (C=O) groups excluding carboxylic acids is 1. The second-order valence-electron chi connectivity index (χ2n) is 7.62. The van der Waals surface area contributed by atoms with Crippen LogP contribution in [0.3, 0.4) is 0 Å². The van der Waals surface area contributed by atoms with Crippen molar-refractivity contribution in [2.75, 3.05) is 26.7 Å². The lowest BCUT2D eigenvalue weighted by Crippen LogP contribution is -2.47. The third kappa shape index (κ3) is 3.98. The van der Waals surface area contributed by atoms with Crippen LogP contribution in [0.1, 0.15) is 25.0 Å². The lowest BCUT2D eigenvalue weighted by molar-refractivity contribution is -0.134. The second kappa shape index (κ2) is 8.94. The number of hydrogen-bond acceptors (Lipinski definition) is 5. The molecule has 1 amide bonds. The summed E-state index contributed by atoms with van der Waals surface area (Å²) in [6, 6.07) is 6.82. The van der Waals surface area contributed by atoms with Gasteiger partial charge in [-0.15, -0.1) is 0 Å². The molecule has 0 unspecified atom stereocenters. The maximum absolute atomic E-state index is 12.9. The molecule has 2 aliphatic heterocycles. The highest BCUT2D eigenvalue weighted by Gasteiger charge is 2.36. The molecular weight excluding hydrogens is 402 g/mol. The Morgan fingerprint density at radius 2 is 2.03 bits per heavy atom. The van der Waals surface area contributed by atoms with E-state index in [1.54, 1.807) is 0 Å². The summed E-state index contributed by atoms with van der Waals surface area (Å²) in [5.41, 5.74) is 5.21. The van der Waals surface area contributed by atoms with Gasteiger partial charge in [-0.05, 0) is 50.1 Å². The highest BCUT2D eigenvalue weighted by Crippen LogP contribution is 2.40. The standard InChI is InChI=1S/C20H25N3O.H4O3Si2/c1-4-23(5-2)20(24)14-9-16-15-7-6-8-17-19(15)13(11-21-17)10-18(16)22(3)12-14;1-2-5-3-4-1/h6-9,11,14,18,21H,4-5,10,12H2,1-3H3;4-5H2/t14-,18-;/m1./s1. The van der Waals surface area contributed by atoms with E-state index in [9.17, 15) is 4.79 Å². The normalized spacial score (nSPS) is 24.9. The number of likely N-dealkylation sites (N-methyl/N-ethyl adjacent to an activating group) is 1. The van der Waals surface area contributed by atoms with E-state index in [0.717, 1.165) is 26.1 Å². The number of aromatic nitrogens is 1. The zero-order chi connectivity index (χ0) is 20.4. The van der Waals surface area contributed by atoms with Gasteiger partial charge >= 0.3 is 20.0 Å². The fourth-order valence-electron chi connectivity index (χ4n) is 4.55. The minimum absolute atomic E-state index is 0.0445. The summed E-state index contributed by atoms with van der Waals surface area (Å²) >= 11 is 0. The monoisotopic (exact) mass is 431 g/mol. The summed E-state index contributed by atoms with van der Waals surface area (Å²) in [6.07, 6.45) is 5.41. The molecule has 9 heteroatoms. The van der Waals surface area contributed by atoms with Crippen LogP contribution in [0.4, 0.5) is 0 Å². The summed E-state index contributed by atoms with van der Waals surface area (Å²) in [4.78, 5) is 20.6. The van der Waals surface area contributed by atoms with Crippen molar-refractivity contribution < 1.29 is 18.1 Å². The van der Waals surface area contributed by atoms with Crippen LogP contribution < -0.4 is 0 Å². The zero-order valence-corrected chi connectivity index (χ0v) is 20.1. The van der Waals surface area contributed by atoms with Gasteiger partial charge in [0.05, 0.1) is 5.92 Å². The minimum atomic E-state index is -0.617. The molecule has 7 nitrogen and oxygen atoms in total. The maximum atomic E-state index is 12.9. The first kappa shape index (κ1) is 20.5. The molecule has 156 valence electrons. The Balaban J connectivity index is 0.000000359. The highest BCUT2D eigenvalue weighted by molar-refractivity contribution is 6.37. The molecule has 1 aromatic heterocycles. The molecule has 3 heterocycles. The number of hydrogen-bond donors (Lipinski definition) is 1. The lowest BCUT2D eigenvalue weighted by atomic mass is 9.79. The predicted molar refractivity (Wildman–Crippen MR) is 118 cm³/mol. The van der Waals surface area contributed by atoms with E-state index >= 15 is 0 Å². The molecule has 5 rings (SSSR count). The Morgan fingerprint density at radius 1 is 1.28 bits per heavy atom. The topological polar surface area (TPSA) is 67.0 Å². The molecule has 1 N–H and O–H groups in total. The van der Waals surface area contributed by atoms with E-state index in [0.29, 0.717) is 6.04 Å². The van der Waals surface area contributed by atoms with Crippen molar-refractivity contribution >= 4 is 42.4 Å². The van der Waals surface area contributed by atoms with Crippen molar-refractivity contribution in [3.05, 3.63) is 41.6 Å². The number of carbonyl (C=O) groups is 1. The maximum Gasteiger partial charge on any atom is 0.334 e. The Labute approximate surface area is 176 Å². The average molecular weight is 432 g/mol. The summed E-state index contributed by atoms with van der Waals surface area (Å²) in [7, 11) is 0.916. The molecule has 29 heavy (non-hydrogen) atoms. The average Bonchev–Trinajstić information content (AvgIpc) is 3.44. The van der Waals surface area contributed by atoms with Crippen molar-refractivity contribution in [1.29, 1.82) is 0 Å². The van der Waals surface area contributed by atoms with E-state index in [-0.39, 0.29) is 11.8 Å².